The highest BCUT2D eigenvalue weighted by molar-refractivity contribution is 7.92. The molecule has 0 bridgehead atoms. The van der Waals surface area contributed by atoms with Crippen molar-refractivity contribution in [1.82, 2.24) is 10.2 Å². The van der Waals surface area contributed by atoms with E-state index >= 15 is 0 Å². The summed E-state index contributed by atoms with van der Waals surface area (Å²) in [6.07, 6.45) is 1.04. The van der Waals surface area contributed by atoms with Crippen LogP contribution in [-0.2, 0) is 26.2 Å². The molecule has 2 atom stereocenters. The first kappa shape index (κ1) is 32.4. The van der Waals surface area contributed by atoms with E-state index in [2.05, 4.69) is 5.32 Å². The Hall–Kier alpha value is -3.07. The average molecular weight is 619 g/mol. The summed E-state index contributed by atoms with van der Waals surface area (Å²) in [7, 11) is -4.19. The lowest BCUT2D eigenvalue weighted by Gasteiger charge is -2.34. The van der Waals surface area contributed by atoms with Gasteiger partial charge in [-0.25, -0.2) is 8.42 Å². The van der Waals surface area contributed by atoms with Gasteiger partial charge in [0.05, 0.1) is 10.6 Å². The molecular weight excluding hydrogens is 581 g/mol. The van der Waals surface area contributed by atoms with Crippen molar-refractivity contribution in [1.29, 1.82) is 0 Å². The van der Waals surface area contributed by atoms with Crippen LogP contribution in [0.15, 0.2) is 71.6 Å². The zero-order chi connectivity index (χ0) is 30.3. The van der Waals surface area contributed by atoms with Crippen molar-refractivity contribution in [3.63, 3.8) is 0 Å². The second-order valence-corrected chi connectivity index (χ2v) is 12.7. The van der Waals surface area contributed by atoms with E-state index in [-0.39, 0.29) is 29.1 Å². The number of benzene rings is 3. The SMILES string of the molecule is CC[C@H](C(=O)N[C@@H](C)CC)N(Cc1ccccc1Cl)C(=O)CN(c1cccc(Cl)c1C)S(=O)(=O)c1ccc(C)cc1. The minimum absolute atomic E-state index is 0.0257. The van der Waals surface area contributed by atoms with Gasteiger partial charge in [0, 0.05) is 22.6 Å². The number of halogens is 2. The van der Waals surface area contributed by atoms with E-state index in [9.17, 15) is 18.0 Å². The Balaban J connectivity index is 2.11. The fraction of sp³-hybridized carbons (Fsp3) is 0.355. The van der Waals surface area contributed by atoms with Gasteiger partial charge in [-0.1, -0.05) is 79.0 Å². The maximum Gasteiger partial charge on any atom is 0.264 e. The van der Waals surface area contributed by atoms with Crippen LogP contribution in [0.1, 0.15) is 50.3 Å². The van der Waals surface area contributed by atoms with Gasteiger partial charge in [0.15, 0.2) is 0 Å². The summed E-state index contributed by atoms with van der Waals surface area (Å²) in [6.45, 7) is 8.71. The Kier molecular flexibility index (Phi) is 11.2. The van der Waals surface area contributed by atoms with Gasteiger partial charge in [-0.15, -0.1) is 0 Å². The van der Waals surface area contributed by atoms with Crippen LogP contribution in [0.25, 0.3) is 0 Å². The van der Waals surface area contributed by atoms with Crippen LogP contribution in [0.5, 0.6) is 0 Å². The molecule has 41 heavy (non-hydrogen) atoms. The summed E-state index contributed by atoms with van der Waals surface area (Å²) in [6, 6.07) is 17.5. The van der Waals surface area contributed by atoms with Crippen LogP contribution in [0, 0.1) is 13.8 Å². The van der Waals surface area contributed by atoms with E-state index in [0.717, 1.165) is 16.3 Å². The third kappa shape index (κ3) is 7.82. The summed E-state index contributed by atoms with van der Waals surface area (Å²) >= 11 is 12.8. The Morgan fingerprint density at radius 1 is 0.878 bits per heavy atom. The number of aryl methyl sites for hydroxylation is 1. The van der Waals surface area contributed by atoms with Crippen LogP contribution >= 0.6 is 23.2 Å². The molecule has 0 aliphatic heterocycles. The van der Waals surface area contributed by atoms with E-state index in [1.165, 1.54) is 17.0 Å². The normalized spacial score (nSPS) is 12.9. The lowest BCUT2D eigenvalue weighted by atomic mass is 10.1. The first-order valence-corrected chi connectivity index (χ1v) is 15.8. The second kappa shape index (κ2) is 14.2. The molecule has 0 heterocycles. The molecule has 10 heteroatoms. The third-order valence-corrected chi connectivity index (χ3v) is 9.63. The maximum absolute atomic E-state index is 14.2. The fourth-order valence-corrected chi connectivity index (χ4v) is 6.22. The Morgan fingerprint density at radius 3 is 2.12 bits per heavy atom. The van der Waals surface area contributed by atoms with Crippen LogP contribution in [-0.4, -0.2) is 43.8 Å². The molecule has 0 aliphatic carbocycles. The van der Waals surface area contributed by atoms with Gasteiger partial charge in [-0.2, -0.15) is 0 Å². The molecule has 3 rings (SSSR count). The zero-order valence-corrected chi connectivity index (χ0v) is 26.4. The third-order valence-electron chi connectivity index (χ3n) is 7.08. The number of hydrogen-bond acceptors (Lipinski definition) is 4. The van der Waals surface area contributed by atoms with Crippen molar-refractivity contribution in [3.05, 3.63) is 93.5 Å². The number of hydrogen-bond donors (Lipinski definition) is 1. The molecule has 0 saturated carbocycles. The van der Waals surface area contributed by atoms with E-state index in [0.29, 0.717) is 27.6 Å². The Labute approximate surface area is 253 Å². The van der Waals surface area contributed by atoms with Crippen molar-refractivity contribution >= 4 is 50.7 Å². The number of carbonyl (C=O) groups is 2. The number of rotatable bonds is 12. The fourth-order valence-electron chi connectivity index (χ4n) is 4.39. The van der Waals surface area contributed by atoms with E-state index in [1.54, 1.807) is 61.5 Å². The van der Waals surface area contributed by atoms with Gasteiger partial charge in [0.1, 0.15) is 12.6 Å². The van der Waals surface area contributed by atoms with Crippen LogP contribution in [0.3, 0.4) is 0 Å². The largest absolute Gasteiger partial charge is 0.352 e. The molecule has 3 aromatic carbocycles. The molecule has 220 valence electrons. The minimum Gasteiger partial charge on any atom is -0.352 e. The quantitative estimate of drug-likeness (QED) is 0.250. The molecule has 3 aromatic rings. The summed E-state index contributed by atoms with van der Waals surface area (Å²) in [5.41, 5.74) is 2.33. The molecule has 7 nitrogen and oxygen atoms in total. The van der Waals surface area contributed by atoms with E-state index < -0.39 is 28.5 Å². The van der Waals surface area contributed by atoms with Gasteiger partial charge in [-0.3, -0.25) is 13.9 Å². The lowest BCUT2D eigenvalue weighted by molar-refractivity contribution is -0.140. The average Bonchev–Trinajstić information content (AvgIpc) is 2.94. The number of carbonyl (C=O) groups excluding carboxylic acids is 2. The first-order chi connectivity index (χ1) is 19.4. The summed E-state index contributed by atoms with van der Waals surface area (Å²) in [5.74, 6) is -0.861. The summed E-state index contributed by atoms with van der Waals surface area (Å²) < 4.78 is 29.2. The maximum atomic E-state index is 14.2. The minimum atomic E-state index is -4.19. The smallest absolute Gasteiger partial charge is 0.264 e. The highest BCUT2D eigenvalue weighted by Gasteiger charge is 2.34. The molecule has 1 N–H and O–H groups in total. The van der Waals surface area contributed by atoms with Crippen LogP contribution < -0.4 is 9.62 Å². The van der Waals surface area contributed by atoms with Crippen molar-refractivity contribution in [2.75, 3.05) is 10.8 Å². The molecule has 0 saturated heterocycles. The number of nitrogens with one attached hydrogen (secondary N) is 1. The van der Waals surface area contributed by atoms with Crippen molar-refractivity contribution in [2.24, 2.45) is 0 Å². The highest BCUT2D eigenvalue weighted by atomic mass is 35.5. The number of sulfonamides is 1. The molecule has 0 unspecified atom stereocenters. The summed E-state index contributed by atoms with van der Waals surface area (Å²) in [4.78, 5) is 29.0. The van der Waals surface area contributed by atoms with Crippen LogP contribution in [0.4, 0.5) is 5.69 Å². The van der Waals surface area contributed by atoms with Crippen molar-refractivity contribution < 1.29 is 18.0 Å². The van der Waals surface area contributed by atoms with E-state index in [4.69, 9.17) is 23.2 Å². The van der Waals surface area contributed by atoms with Gasteiger partial charge >= 0.3 is 0 Å². The molecule has 0 spiro atoms. The van der Waals surface area contributed by atoms with Gasteiger partial charge in [-0.05, 0) is 75.1 Å². The molecule has 0 fully saturated rings. The summed E-state index contributed by atoms with van der Waals surface area (Å²) in [5, 5.41) is 3.77. The monoisotopic (exact) mass is 617 g/mol. The molecular formula is C31H37Cl2N3O4S. The van der Waals surface area contributed by atoms with Gasteiger partial charge < -0.3 is 10.2 Å². The highest BCUT2D eigenvalue weighted by Crippen LogP contribution is 2.31. The molecule has 0 radical (unpaired) electrons. The topological polar surface area (TPSA) is 86.8 Å². The standard InChI is InChI=1S/C31H37Cl2N3O4S/c1-6-22(4)34-31(38)28(7-2)35(19-24-11-8-9-12-27(24)33)30(37)20-36(29-14-10-13-26(32)23(29)5)41(39,40)25-17-15-21(3)16-18-25/h8-18,22,28H,6-7,19-20H2,1-5H3,(H,34,38)/t22-,28+/m0/s1. The number of nitrogens with zero attached hydrogens (tertiary/aromatic N) is 2. The van der Waals surface area contributed by atoms with E-state index in [1.807, 2.05) is 27.7 Å². The number of amides is 2. The lowest BCUT2D eigenvalue weighted by Crippen LogP contribution is -2.53. The Morgan fingerprint density at radius 2 is 1.51 bits per heavy atom. The molecule has 0 aliphatic rings. The Bertz CT molecular complexity index is 1480. The van der Waals surface area contributed by atoms with Crippen molar-refractivity contribution in [3.8, 4) is 0 Å². The second-order valence-electron chi connectivity index (χ2n) is 10.1. The zero-order valence-electron chi connectivity index (χ0n) is 24.0. The van der Waals surface area contributed by atoms with Crippen LogP contribution in [0.2, 0.25) is 10.0 Å². The van der Waals surface area contributed by atoms with Gasteiger partial charge in [0.25, 0.3) is 10.0 Å². The van der Waals surface area contributed by atoms with Gasteiger partial charge in [0.2, 0.25) is 11.8 Å². The van der Waals surface area contributed by atoms with Crippen molar-refractivity contribution in [2.45, 2.75) is 71.0 Å². The number of anilines is 1. The molecule has 0 aromatic heterocycles. The molecule has 2 amide bonds. The predicted octanol–water partition coefficient (Wildman–Crippen LogP) is 6.53. The first-order valence-electron chi connectivity index (χ1n) is 13.6. The predicted molar refractivity (Wildman–Crippen MR) is 166 cm³/mol.